The van der Waals surface area contributed by atoms with Gasteiger partial charge in [-0.05, 0) is 48.1 Å². The van der Waals surface area contributed by atoms with E-state index in [4.69, 9.17) is 0 Å². The molecule has 1 aromatic carbocycles. The summed E-state index contributed by atoms with van der Waals surface area (Å²) in [7, 11) is -3.64. The highest BCUT2D eigenvalue weighted by atomic mass is 127. The Hall–Kier alpha value is -1.09. The lowest BCUT2D eigenvalue weighted by atomic mass is 10.3. The minimum absolute atomic E-state index is 0.0584. The molecule has 0 spiro atoms. The van der Waals surface area contributed by atoms with Crippen LogP contribution in [0.3, 0.4) is 0 Å². The van der Waals surface area contributed by atoms with Crippen molar-refractivity contribution >= 4 is 38.3 Å². The summed E-state index contributed by atoms with van der Waals surface area (Å²) in [6, 6.07) is 7.23. The van der Waals surface area contributed by atoms with Crippen LogP contribution in [0.15, 0.2) is 35.5 Å². The number of nitrogens with zero attached hydrogens (tertiary/aromatic N) is 2. The predicted octanol–water partition coefficient (Wildman–Crippen LogP) is 3.01. The normalized spacial score (nSPS) is 11.6. The summed E-state index contributed by atoms with van der Waals surface area (Å²) < 4.78 is 29.9. The van der Waals surface area contributed by atoms with Gasteiger partial charge in [0.15, 0.2) is 5.03 Å². The van der Waals surface area contributed by atoms with Crippen molar-refractivity contribution in [3.8, 4) is 0 Å². The van der Waals surface area contributed by atoms with Gasteiger partial charge >= 0.3 is 0 Å². The molecule has 1 N–H and O–H groups in total. The Kier molecular flexibility index (Phi) is 4.69. The SMILES string of the molecule is CCCn1cc(S(=O)(=O)Nc2ccccc2I)nc1C. The topological polar surface area (TPSA) is 64.0 Å². The van der Waals surface area contributed by atoms with Crippen LogP contribution in [-0.2, 0) is 16.6 Å². The number of sulfonamides is 1. The maximum atomic E-state index is 12.3. The number of rotatable bonds is 5. The van der Waals surface area contributed by atoms with Crippen molar-refractivity contribution in [3.63, 3.8) is 0 Å². The molecule has 20 heavy (non-hydrogen) atoms. The van der Waals surface area contributed by atoms with Crippen molar-refractivity contribution in [2.45, 2.75) is 31.8 Å². The van der Waals surface area contributed by atoms with Crippen LogP contribution in [0, 0.1) is 10.5 Å². The summed E-state index contributed by atoms with van der Waals surface area (Å²) in [5.41, 5.74) is 0.566. The van der Waals surface area contributed by atoms with Crippen molar-refractivity contribution < 1.29 is 8.42 Å². The minimum atomic E-state index is -3.64. The van der Waals surface area contributed by atoms with E-state index in [1.54, 1.807) is 25.3 Å². The van der Waals surface area contributed by atoms with E-state index in [0.29, 0.717) is 11.5 Å². The molecule has 0 saturated carbocycles. The monoisotopic (exact) mass is 405 g/mol. The molecule has 0 aliphatic heterocycles. The molecule has 0 aliphatic carbocycles. The molecule has 0 saturated heterocycles. The first-order chi connectivity index (χ1) is 9.44. The van der Waals surface area contributed by atoms with Crippen LogP contribution in [0.1, 0.15) is 19.2 Å². The lowest BCUT2D eigenvalue weighted by molar-refractivity contribution is 0.597. The van der Waals surface area contributed by atoms with Crippen LogP contribution < -0.4 is 4.72 Å². The Labute approximate surface area is 132 Å². The van der Waals surface area contributed by atoms with E-state index in [0.717, 1.165) is 16.5 Å². The number of aryl methyl sites for hydroxylation is 2. The van der Waals surface area contributed by atoms with E-state index in [2.05, 4.69) is 32.3 Å². The molecule has 108 valence electrons. The Bertz CT molecular complexity index is 710. The smallest absolute Gasteiger partial charge is 0.280 e. The van der Waals surface area contributed by atoms with Crippen LogP contribution in [0.2, 0.25) is 0 Å². The lowest BCUT2D eigenvalue weighted by Gasteiger charge is -2.07. The molecule has 0 bridgehead atoms. The van der Waals surface area contributed by atoms with E-state index in [1.807, 2.05) is 23.6 Å². The van der Waals surface area contributed by atoms with Crippen molar-refractivity contribution in [3.05, 3.63) is 39.9 Å². The molecular weight excluding hydrogens is 389 g/mol. The van der Waals surface area contributed by atoms with Gasteiger partial charge < -0.3 is 4.57 Å². The van der Waals surface area contributed by atoms with Crippen molar-refractivity contribution in [2.24, 2.45) is 0 Å². The zero-order chi connectivity index (χ0) is 14.8. The quantitative estimate of drug-likeness (QED) is 0.778. The summed E-state index contributed by atoms with van der Waals surface area (Å²) in [5, 5.41) is 0.0584. The number of imidazole rings is 1. The number of para-hydroxylation sites is 1. The molecule has 1 heterocycles. The van der Waals surface area contributed by atoms with Crippen LogP contribution in [0.25, 0.3) is 0 Å². The molecule has 7 heteroatoms. The Morgan fingerprint density at radius 2 is 2.05 bits per heavy atom. The molecule has 0 aliphatic rings. The number of hydrogen-bond acceptors (Lipinski definition) is 3. The van der Waals surface area contributed by atoms with Gasteiger partial charge in [0, 0.05) is 16.3 Å². The summed E-state index contributed by atoms with van der Waals surface area (Å²) in [6.45, 7) is 4.61. The van der Waals surface area contributed by atoms with Gasteiger partial charge in [-0.1, -0.05) is 19.1 Å². The first-order valence-electron chi connectivity index (χ1n) is 6.25. The molecule has 0 amide bonds. The summed E-state index contributed by atoms with van der Waals surface area (Å²) >= 11 is 2.09. The molecule has 5 nitrogen and oxygen atoms in total. The minimum Gasteiger partial charge on any atom is -0.334 e. The van der Waals surface area contributed by atoms with Gasteiger partial charge in [-0.15, -0.1) is 0 Å². The molecule has 0 atom stereocenters. The highest BCUT2D eigenvalue weighted by Gasteiger charge is 2.20. The number of anilines is 1. The van der Waals surface area contributed by atoms with E-state index >= 15 is 0 Å². The second kappa shape index (κ2) is 6.13. The van der Waals surface area contributed by atoms with Gasteiger partial charge in [-0.2, -0.15) is 8.42 Å². The van der Waals surface area contributed by atoms with Gasteiger partial charge in [0.2, 0.25) is 0 Å². The summed E-state index contributed by atoms with van der Waals surface area (Å²) in [4.78, 5) is 4.14. The Morgan fingerprint density at radius 3 is 2.70 bits per heavy atom. The third kappa shape index (κ3) is 3.32. The average Bonchev–Trinajstić information content (AvgIpc) is 2.75. The van der Waals surface area contributed by atoms with Crippen LogP contribution in [0.4, 0.5) is 5.69 Å². The van der Waals surface area contributed by atoms with Crippen LogP contribution >= 0.6 is 22.6 Å². The van der Waals surface area contributed by atoms with Gasteiger partial charge in [0.25, 0.3) is 10.0 Å². The molecular formula is C13H16IN3O2S. The number of nitrogens with one attached hydrogen (secondary N) is 1. The molecule has 0 fully saturated rings. The molecule has 2 aromatic rings. The standard InChI is InChI=1S/C13H16IN3O2S/c1-3-8-17-9-13(15-10(17)2)20(18,19)16-12-7-5-4-6-11(12)14/h4-7,9,16H,3,8H2,1-2H3. The highest BCUT2D eigenvalue weighted by Crippen LogP contribution is 2.21. The van der Waals surface area contributed by atoms with Gasteiger partial charge in [0.1, 0.15) is 5.82 Å². The van der Waals surface area contributed by atoms with E-state index in [-0.39, 0.29) is 5.03 Å². The molecule has 0 radical (unpaired) electrons. The third-order valence-electron chi connectivity index (χ3n) is 2.81. The fourth-order valence-corrected chi connectivity index (χ4v) is 3.61. The number of hydrogen-bond donors (Lipinski definition) is 1. The Balaban J connectivity index is 2.31. The number of aromatic nitrogens is 2. The van der Waals surface area contributed by atoms with Gasteiger partial charge in [0.05, 0.1) is 5.69 Å². The molecule has 0 unspecified atom stereocenters. The predicted molar refractivity (Wildman–Crippen MR) is 87.2 cm³/mol. The fraction of sp³-hybridized carbons (Fsp3) is 0.308. The van der Waals surface area contributed by atoms with Gasteiger partial charge in [-0.3, -0.25) is 4.72 Å². The van der Waals surface area contributed by atoms with Crippen molar-refractivity contribution in [1.29, 1.82) is 0 Å². The maximum Gasteiger partial charge on any atom is 0.280 e. The van der Waals surface area contributed by atoms with E-state index in [9.17, 15) is 8.42 Å². The number of halogens is 1. The third-order valence-corrected chi connectivity index (χ3v) is 4.99. The van der Waals surface area contributed by atoms with E-state index < -0.39 is 10.0 Å². The van der Waals surface area contributed by atoms with Crippen molar-refractivity contribution in [2.75, 3.05) is 4.72 Å². The molecule has 1 aromatic heterocycles. The van der Waals surface area contributed by atoms with E-state index in [1.165, 1.54) is 0 Å². The first-order valence-corrected chi connectivity index (χ1v) is 8.81. The maximum absolute atomic E-state index is 12.3. The van der Waals surface area contributed by atoms with Crippen molar-refractivity contribution in [1.82, 2.24) is 9.55 Å². The van der Waals surface area contributed by atoms with Gasteiger partial charge in [-0.25, -0.2) is 4.98 Å². The molecule has 2 rings (SSSR count). The zero-order valence-electron chi connectivity index (χ0n) is 11.3. The number of benzene rings is 1. The highest BCUT2D eigenvalue weighted by molar-refractivity contribution is 14.1. The van der Waals surface area contributed by atoms with Crippen LogP contribution in [-0.4, -0.2) is 18.0 Å². The summed E-state index contributed by atoms with van der Waals surface area (Å²) in [5.74, 6) is 0.704. The summed E-state index contributed by atoms with van der Waals surface area (Å²) in [6.07, 6.45) is 2.51. The fourth-order valence-electron chi connectivity index (χ4n) is 1.82. The Morgan fingerprint density at radius 1 is 1.35 bits per heavy atom. The largest absolute Gasteiger partial charge is 0.334 e. The zero-order valence-corrected chi connectivity index (χ0v) is 14.3. The second-order valence-corrected chi connectivity index (χ2v) is 7.20. The first kappa shape index (κ1) is 15.3. The average molecular weight is 405 g/mol. The lowest BCUT2D eigenvalue weighted by Crippen LogP contribution is -2.14. The van der Waals surface area contributed by atoms with Crippen LogP contribution in [0.5, 0.6) is 0 Å². The second-order valence-electron chi connectivity index (χ2n) is 4.41.